The van der Waals surface area contributed by atoms with Crippen LogP contribution in [0.3, 0.4) is 0 Å². The molecule has 0 atom stereocenters. The third-order valence-corrected chi connectivity index (χ3v) is 7.13. The van der Waals surface area contributed by atoms with Crippen LogP contribution in [0, 0.1) is 5.92 Å². The highest BCUT2D eigenvalue weighted by atomic mass is 16.2. The van der Waals surface area contributed by atoms with E-state index in [0.29, 0.717) is 5.91 Å². The van der Waals surface area contributed by atoms with Crippen LogP contribution in [0.15, 0.2) is 0 Å². The molecule has 0 radical (unpaired) electrons. The fraction of sp³-hybridized carbons (Fsp3) is 0.966. The van der Waals surface area contributed by atoms with Gasteiger partial charge in [-0.2, -0.15) is 0 Å². The minimum Gasteiger partial charge on any atom is -0.343 e. The normalized spacial score (nSPS) is 14.1. The Labute approximate surface area is 196 Å². The fourth-order valence-corrected chi connectivity index (χ4v) is 4.96. The van der Waals surface area contributed by atoms with Gasteiger partial charge in [0, 0.05) is 19.5 Å². The summed E-state index contributed by atoms with van der Waals surface area (Å²) in [6.07, 6.45) is 31.5. The molecule has 2 heteroatoms. The molecular formula is C29H57NO. The molecule has 0 bridgehead atoms. The monoisotopic (exact) mass is 435 g/mol. The Morgan fingerprint density at radius 3 is 1.23 bits per heavy atom. The number of nitrogens with zero attached hydrogens (tertiary/aromatic N) is 1. The standard InChI is InChI=1S/C29H57NO/c1-28(2)24-20-18-16-14-12-10-8-6-4-3-5-7-9-11-13-15-17-19-21-25-29(31)30-26-22-23-27-30/h28H,3-27H2,1-2H3. The number of unbranched alkanes of at least 4 members (excludes halogenated alkanes) is 18. The number of amides is 1. The van der Waals surface area contributed by atoms with Crippen LogP contribution < -0.4 is 0 Å². The summed E-state index contributed by atoms with van der Waals surface area (Å²) in [6.45, 7) is 6.70. The first-order chi connectivity index (χ1) is 15.2. The van der Waals surface area contributed by atoms with Gasteiger partial charge in [0.25, 0.3) is 0 Å². The molecule has 1 rings (SSSR count). The molecular weight excluding hydrogens is 378 g/mol. The topological polar surface area (TPSA) is 20.3 Å². The largest absolute Gasteiger partial charge is 0.343 e. The third-order valence-electron chi connectivity index (χ3n) is 7.13. The van der Waals surface area contributed by atoms with Crippen LogP contribution in [0.25, 0.3) is 0 Å². The van der Waals surface area contributed by atoms with Crippen LogP contribution in [-0.4, -0.2) is 23.9 Å². The molecule has 1 aliphatic rings. The maximum Gasteiger partial charge on any atom is 0.222 e. The van der Waals surface area contributed by atoms with Crippen molar-refractivity contribution in [1.82, 2.24) is 4.90 Å². The predicted molar refractivity (Wildman–Crippen MR) is 138 cm³/mol. The first-order valence-corrected chi connectivity index (χ1v) is 14.5. The van der Waals surface area contributed by atoms with Gasteiger partial charge in [-0.25, -0.2) is 0 Å². The summed E-state index contributed by atoms with van der Waals surface area (Å²) in [7, 11) is 0. The Hall–Kier alpha value is -0.530. The van der Waals surface area contributed by atoms with Crippen molar-refractivity contribution in [3.05, 3.63) is 0 Å². The lowest BCUT2D eigenvalue weighted by Crippen LogP contribution is -2.27. The lowest BCUT2D eigenvalue weighted by atomic mass is 10.0. The second-order valence-corrected chi connectivity index (χ2v) is 10.7. The SMILES string of the molecule is CC(C)CCCCCCCCCCCCCCCCCCCCCC(=O)N1CCCC1. The van der Waals surface area contributed by atoms with E-state index in [1.807, 2.05) is 0 Å². The van der Waals surface area contributed by atoms with Crippen molar-refractivity contribution in [3.63, 3.8) is 0 Å². The van der Waals surface area contributed by atoms with Crippen LogP contribution in [0.1, 0.15) is 162 Å². The summed E-state index contributed by atoms with van der Waals surface area (Å²) in [5.41, 5.74) is 0. The van der Waals surface area contributed by atoms with Crippen LogP contribution >= 0.6 is 0 Å². The van der Waals surface area contributed by atoms with Crippen LogP contribution in [0.4, 0.5) is 0 Å². The molecule has 0 aromatic carbocycles. The number of likely N-dealkylation sites (tertiary alicyclic amines) is 1. The molecule has 1 aliphatic heterocycles. The van der Waals surface area contributed by atoms with Gasteiger partial charge in [-0.15, -0.1) is 0 Å². The van der Waals surface area contributed by atoms with Gasteiger partial charge in [0.2, 0.25) is 5.91 Å². The van der Waals surface area contributed by atoms with Crippen molar-refractivity contribution in [1.29, 1.82) is 0 Å². The highest BCUT2D eigenvalue weighted by Gasteiger charge is 2.16. The minimum absolute atomic E-state index is 0.407. The molecule has 184 valence electrons. The van der Waals surface area contributed by atoms with Gasteiger partial charge in [-0.05, 0) is 25.2 Å². The van der Waals surface area contributed by atoms with E-state index >= 15 is 0 Å². The van der Waals surface area contributed by atoms with Crippen LogP contribution in [0.5, 0.6) is 0 Å². The van der Waals surface area contributed by atoms with Crippen LogP contribution in [0.2, 0.25) is 0 Å². The van der Waals surface area contributed by atoms with E-state index in [-0.39, 0.29) is 0 Å². The average Bonchev–Trinajstić information content (AvgIpc) is 3.29. The van der Waals surface area contributed by atoms with E-state index in [1.54, 1.807) is 0 Å². The molecule has 31 heavy (non-hydrogen) atoms. The van der Waals surface area contributed by atoms with Gasteiger partial charge in [0.1, 0.15) is 0 Å². The second-order valence-electron chi connectivity index (χ2n) is 10.7. The summed E-state index contributed by atoms with van der Waals surface area (Å²) in [5, 5.41) is 0. The van der Waals surface area contributed by atoms with Crippen molar-refractivity contribution < 1.29 is 4.79 Å². The summed E-state index contributed by atoms with van der Waals surface area (Å²) in [6, 6.07) is 0. The molecule has 1 amide bonds. The maximum atomic E-state index is 12.0. The lowest BCUT2D eigenvalue weighted by molar-refractivity contribution is -0.130. The van der Waals surface area contributed by atoms with Crippen molar-refractivity contribution in [2.45, 2.75) is 162 Å². The van der Waals surface area contributed by atoms with Gasteiger partial charge >= 0.3 is 0 Å². The van der Waals surface area contributed by atoms with Gasteiger partial charge in [0.05, 0.1) is 0 Å². The van der Waals surface area contributed by atoms with E-state index in [0.717, 1.165) is 31.8 Å². The number of hydrogen-bond acceptors (Lipinski definition) is 1. The van der Waals surface area contributed by atoms with Crippen molar-refractivity contribution in [2.75, 3.05) is 13.1 Å². The third kappa shape index (κ3) is 18.7. The Bertz CT molecular complexity index is 386. The van der Waals surface area contributed by atoms with E-state index in [9.17, 15) is 4.79 Å². The predicted octanol–water partition coefficient (Wildman–Crippen LogP) is 9.46. The quantitative estimate of drug-likeness (QED) is 0.155. The van der Waals surface area contributed by atoms with E-state index in [2.05, 4.69) is 18.7 Å². The Morgan fingerprint density at radius 2 is 0.871 bits per heavy atom. The van der Waals surface area contributed by atoms with Crippen molar-refractivity contribution >= 4 is 5.91 Å². The molecule has 1 fully saturated rings. The molecule has 0 N–H and O–H groups in total. The Balaban J connectivity index is 1.66. The summed E-state index contributed by atoms with van der Waals surface area (Å²) in [5.74, 6) is 1.29. The molecule has 0 spiro atoms. The molecule has 1 heterocycles. The minimum atomic E-state index is 0.407. The molecule has 1 saturated heterocycles. The van der Waals surface area contributed by atoms with Gasteiger partial charge < -0.3 is 4.90 Å². The highest BCUT2D eigenvalue weighted by Crippen LogP contribution is 2.16. The summed E-state index contributed by atoms with van der Waals surface area (Å²) >= 11 is 0. The number of carbonyl (C=O) groups excluding carboxylic acids is 1. The number of rotatable bonds is 22. The zero-order valence-corrected chi connectivity index (χ0v) is 21.6. The fourth-order valence-electron chi connectivity index (χ4n) is 4.96. The molecule has 0 aromatic heterocycles. The molecule has 2 nitrogen and oxygen atoms in total. The van der Waals surface area contributed by atoms with Gasteiger partial charge in [-0.3, -0.25) is 4.79 Å². The van der Waals surface area contributed by atoms with Crippen molar-refractivity contribution in [3.8, 4) is 0 Å². The summed E-state index contributed by atoms with van der Waals surface area (Å²) in [4.78, 5) is 14.0. The van der Waals surface area contributed by atoms with Gasteiger partial charge in [-0.1, -0.05) is 136 Å². The zero-order chi connectivity index (χ0) is 22.4. The second kappa shape index (κ2) is 21.3. The number of hydrogen-bond donors (Lipinski definition) is 0. The summed E-state index contributed by atoms with van der Waals surface area (Å²) < 4.78 is 0. The van der Waals surface area contributed by atoms with E-state index < -0.39 is 0 Å². The first-order valence-electron chi connectivity index (χ1n) is 14.5. The maximum absolute atomic E-state index is 12.0. The van der Waals surface area contributed by atoms with E-state index in [4.69, 9.17) is 0 Å². The lowest BCUT2D eigenvalue weighted by Gasteiger charge is -2.14. The molecule has 0 aliphatic carbocycles. The van der Waals surface area contributed by atoms with Gasteiger partial charge in [0.15, 0.2) is 0 Å². The smallest absolute Gasteiger partial charge is 0.222 e. The Morgan fingerprint density at radius 1 is 0.548 bits per heavy atom. The van der Waals surface area contributed by atoms with E-state index in [1.165, 1.54) is 135 Å². The van der Waals surface area contributed by atoms with Crippen LogP contribution in [-0.2, 0) is 4.79 Å². The highest BCUT2D eigenvalue weighted by molar-refractivity contribution is 5.76. The average molecular weight is 436 g/mol. The Kier molecular flexibility index (Phi) is 19.6. The van der Waals surface area contributed by atoms with Crippen molar-refractivity contribution in [2.24, 2.45) is 5.92 Å². The first kappa shape index (κ1) is 28.5. The number of carbonyl (C=O) groups is 1. The molecule has 0 aromatic rings. The molecule has 0 unspecified atom stereocenters. The molecule has 0 saturated carbocycles. The zero-order valence-electron chi connectivity index (χ0n) is 21.6.